The number of fused-ring (bicyclic) bond motifs is 2. The number of amides is 1. The Labute approximate surface area is 218 Å². The van der Waals surface area contributed by atoms with Crippen LogP contribution in [0.4, 0.5) is 11.4 Å². The number of anilines is 2. The Morgan fingerprint density at radius 1 is 1.22 bits per heavy atom. The quantitative estimate of drug-likeness (QED) is 0.341. The van der Waals surface area contributed by atoms with Crippen molar-refractivity contribution < 1.29 is 4.79 Å². The fourth-order valence-electron chi connectivity index (χ4n) is 4.57. The van der Waals surface area contributed by atoms with E-state index in [1.165, 1.54) is 18.0 Å². The number of hydrogen-bond donors (Lipinski definition) is 1. The number of nitrogens with one attached hydrogen (secondary N) is 1. The van der Waals surface area contributed by atoms with Crippen molar-refractivity contribution in [2.75, 3.05) is 29.1 Å². The monoisotopic (exact) mass is 522 g/mol. The molecule has 1 unspecified atom stereocenters. The van der Waals surface area contributed by atoms with Crippen LogP contribution in [0.15, 0.2) is 58.6 Å². The predicted molar refractivity (Wildman–Crippen MR) is 146 cm³/mol. The molecule has 10 heteroatoms. The predicted octanol–water partition coefficient (Wildman–Crippen LogP) is 5.07. The average molecular weight is 523 g/mol. The van der Waals surface area contributed by atoms with E-state index in [0.29, 0.717) is 27.0 Å². The standard InChI is InChI=1S/C26H27ClN6O2S/c1-4-31(5-2)18-9-10-22(16(3)11-18)29-23(34)13-20-15-36-26-30-24-21(25(35)32(20)26)14-28-33(24)19-8-6-7-17(27)12-19/h6-12,14,20H,4-5,13,15H2,1-3H3,(H,29,34). The molecule has 1 aliphatic rings. The van der Waals surface area contributed by atoms with E-state index in [9.17, 15) is 9.59 Å². The minimum Gasteiger partial charge on any atom is -0.372 e. The maximum atomic E-state index is 13.4. The lowest BCUT2D eigenvalue weighted by Crippen LogP contribution is -2.28. The molecule has 36 heavy (non-hydrogen) atoms. The molecule has 2 aromatic carbocycles. The summed E-state index contributed by atoms with van der Waals surface area (Å²) in [6.45, 7) is 8.09. The Morgan fingerprint density at radius 2 is 2.03 bits per heavy atom. The first-order chi connectivity index (χ1) is 17.4. The third-order valence-electron chi connectivity index (χ3n) is 6.46. The van der Waals surface area contributed by atoms with E-state index in [0.717, 1.165) is 35.7 Å². The average Bonchev–Trinajstić information content (AvgIpc) is 3.46. The zero-order valence-corrected chi connectivity index (χ0v) is 21.9. The topological polar surface area (TPSA) is 85.1 Å². The van der Waals surface area contributed by atoms with Crippen molar-refractivity contribution in [2.45, 2.75) is 38.4 Å². The second-order valence-electron chi connectivity index (χ2n) is 8.73. The van der Waals surface area contributed by atoms with Gasteiger partial charge in [0.15, 0.2) is 10.8 Å². The van der Waals surface area contributed by atoms with Gasteiger partial charge in [0.2, 0.25) is 5.91 Å². The summed E-state index contributed by atoms with van der Waals surface area (Å²) in [6.07, 6.45) is 1.71. The van der Waals surface area contributed by atoms with Crippen LogP contribution in [0.25, 0.3) is 16.7 Å². The van der Waals surface area contributed by atoms with Crippen LogP contribution in [-0.2, 0) is 4.79 Å². The van der Waals surface area contributed by atoms with Gasteiger partial charge < -0.3 is 10.2 Å². The van der Waals surface area contributed by atoms with Gasteiger partial charge in [-0.15, -0.1) is 0 Å². The van der Waals surface area contributed by atoms with Gasteiger partial charge in [-0.25, -0.2) is 9.67 Å². The molecular formula is C26H27ClN6O2S. The van der Waals surface area contributed by atoms with Crippen LogP contribution in [0, 0.1) is 6.92 Å². The maximum absolute atomic E-state index is 13.4. The smallest absolute Gasteiger partial charge is 0.265 e. The van der Waals surface area contributed by atoms with E-state index in [2.05, 4.69) is 35.2 Å². The molecule has 1 aliphatic heterocycles. The minimum absolute atomic E-state index is 0.131. The zero-order chi connectivity index (χ0) is 25.4. The summed E-state index contributed by atoms with van der Waals surface area (Å²) >= 11 is 7.61. The molecule has 1 atom stereocenters. The van der Waals surface area contributed by atoms with Crippen LogP contribution in [0.5, 0.6) is 0 Å². The second kappa shape index (κ2) is 9.99. The first-order valence-corrected chi connectivity index (χ1v) is 13.3. The summed E-state index contributed by atoms with van der Waals surface area (Å²) in [7, 11) is 0. The number of aromatic nitrogens is 4. The third-order valence-corrected chi connectivity index (χ3v) is 7.79. The summed E-state index contributed by atoms with van der Waals surface area (Å²) in [5.41, 5.74) is 3.95. The number of rotatable bonds is 7. The van der Waals surface area contributed by atoms with Crippen molar-refractivity contribution in [1.82, 2.24) is 19.3 Å². The van der Waals surface area contributed by atoms with Crippen LogP contribution in [0.2, 0.25) is 5.02 Å². The van der Waals surface area contributed by atoms with Crippen molar-refractivity contribution in [3.63, 3.8) is 0 Å². The lowest BCUT2D eigenvalue weighted by atomic mass is 10.1. The highest BCUT2D eigenvalue weighted by atomic mass is 35.5. The lowest BCUT2D eigenvalue weighted by Gasteiger charge is -2.22. The van der Waals surface area contributed by atoms with E-state index in [1.807, 2.05) is 31.2 Å². The first kappa shape index (κ1) is 24.4. The van der Waals surface area contributed by atoms with Crippen LogP contribution in [-0.4, -0.2) is 44.1 Å². The molecule has 8 nitrogen and oxygen atoms in total. The molecule has 4 aromatic rings. The van der Waals surface area contributed by atoms with Gasteiger partial charge in [0.05, 0.1) is 17.9 Å². The summed E-state index contributed by atoms with van der Waals surface area (Å²) in [5.74, 6) is 0.473. The molecule has 0 bridgehead atoms. The molecule has 5 rings (SSSR count). The molecule has 0 saturated carbocycles. The molecule has 0 radical (unpaired) electrons. The molecule has 1 amide bonds. The molecule has 3 heterocycles. The second-order valence-corrected chi connectivity index (χ2v) is 10.2. The molecule has 1 N–H and O–H groups in total. The molecule has 0 spiro atoms. The number of carbonyl (C=O) groups excluding carboxylic acids is 1. The number of thioether (sulfide) groups is 1. The van der Waals surface area contributed by atoms with Crippen molar-refractivity contribution in [3.05, 3.63) is 69.6 Å². The Morgan fingerprint density at radius 3 is 2.75 bits per heavy atom. The minimum atomic E-state index is -0.279. The van der Waals surface area contributed by atoms with Gasteiger partial charge in [0, 0.05) is 41.7 Å². The third kappa shape index (κ3) is 4.49. The maximum Gasteiger partial charge on any atom is 0.265 e. The number of hydrogen-bond acceptors (Lipinski definition) is 6. The fourth-order valence-corrected chi connectivity index (χ4v) is 5.88. The highest BCUT2D eigenvalue weighted by molar-refractivity contribution is 7.99. The largest absolute Gasteiger partial charge is 0.372 e. The van der Waals surface area contributed by atoms with Gasteiger partial charge in [-0.05, 0) is 62.7 Å². The normalized spacial score (nSPS) is 14.7. The Kier molecular flexibility index (Phi) is 6.77. The van der Waals surface area contributed by atoms with Crippen molar-refractivity contribution >= 4 is 51.7 Å². The van der Waals surface area contributed by atoms with E-state index < -0.39 is 0 Å². The number of halogens is 1. The van der Waals surface area contributed by atoms with Crippen molar-refractivity contribution in [2.24, 2.45) is 0 Å². The van der Waals surface area contributed by atoms with Gasteiger partial charge >= 0.3 is 0 Å². The van der Waals surface area contributed by atoms with Gasteiger partial charge in [-0.3, -0.25) is 14.2 Å². The Bertz CT molecular complexity index is 1510. The van der Waals surface area contributed by atoms with E-state index in [4.69, 9.17) is 16.6 Å². The molecule has 186 valence electrons. The van der Waals surface area contributed by atoms with Crippen molar-refractivity contribution in [1.29, 1.82) is 0 Å². The number of benzene rings is 2. The Hall–Kier alpha value is -3.30. The van der Waals surface area contributed by atoms with Crippen LogP contribution in [0.1, 0.15) is 31.9 Å². The van der Waals surface area contributed by atoms with E-state index in [-0.39, 0.29) is 23.9 Å². The highest BCUT2D eigenvalue weighted by Crippen LogP contribution is 2.34. The van der Waals surface area contributed by atoms with E-state index >= 15 is 0 Å². The van der Waals surface area contributed by atoms with Crippen LogP contribution in [0.3, 0.4) is 0 Å². The SMILES string of the molecule is CCN(CC)c1ccc(NC(=O)CC2CSc3nc4c(cnn4-c4cccc(Cl)c4)c(=O)n32)c(C)c1. The first-order valence-electron chi connectivity index (χ1n) is 11.9. The van der Waals surface area contributed by atoms with Gasteiger partial charge in [0.1, 0.15) is 5.39 Å². The van der Waals surface area contributed by atoms with Crippen molar-refractivity contribution in [3.8, 4) is 5.69 Å². The summed E-state index contributed by atoms with van der Waals surface area (Å²) in [4.78, 5) is 33.3. The number of aryl methyl sites for hydroxylation is 1. The number of nitrogens with zero attached hydrogens (tertiary/aromatic N) is 5. The molecule has 0 fully saturated rings. The summed E-state index contributed by atoms with van der Waals surface area (Å²) in [5, 5.41) is 8.99. The van der Waals surface area contributed by atoms with Gasteiger partial charge in [0.25, 0.3) is 5.56 Å². The van der Waals surface area contributed by atoms with E-state index in [1.54, 1.807) is 21.4 Å². The van der Waals surface area contributed by atoms with Gasteiger partial charge in [-0.2, -0.15) is 5.10 Å². The molecular weight excluding hydrogens is 496 g/mol. The molecule has 0 aliphatic carbocycles. The summed E-state index contributed by atoms with van der Waals surface area (Å²) < 4.78 is 3.25. The van der Waals surface area contributed by atoms with Gasteiger partial charge in [-0.1, -0.05) is 29.4 Å². The Balaban J connectivity index is 1.37. The van der Waals surface area contributed by atoms with Crippen LogP contribution >= 0.6 is 23.4 Å². The summed E-state index contributed by atoms with van der Waals surface area (Å²) in [6, 6.07) is 13.0. The fraction of sp³-hybridized carbons (Fsp3) is 0.308. The lowest BCUT2D eigenvalue weighted by molar-refractivity contribution is -0.116. The zero-order valence-electron chi connectivity index (χ0n) is 20.4. The molecule has 2 aromatic heterocycles. The molecule has 0 saturated heterocycles. The highest BCUT2D eigenvalue weighted by Gasteiger charge is 2.29. The van der Waals surface area contributed by atoms with Crippen LogP contribution < -0.4 is 15.8 Å². The number of carbonyl (C=O) groups is 1.